The molecular weight excluding hydrogens is 483 g/mol. The summed E-state index contributed by atoms with van der Waals surface area (Å²) in [6, 6.07) is 25.7. The van der Waals surface area contributed by atoms with Crippen molar-refractivity contribution >= 4 is 46.7 Å². The first-order valence-corrected chi connectivity index (χ1v) is 12.9. The molecule has 0 aliphatic carbocycles. The predicted octanol–water partition coefficient (Wildman–Crippen LogP) is 7.20. The number of fused-ring (bicyclic) bond motifs is 1. The zero-order valence-corrected chi connectivity index (χ0v) is 20.6. The van der Waals surface area contributed by atoms with Gasteiger partial charge in [-0.05, 0) is 48.0 Å². The molecule has 2 aliphatic heterocycles. The lowest BCUT2D eigenvalue weighted by molar-refractivity contribution is 0.579. The summed E-state index contributed by atoms with van der Waals surface area (Å²) in [5.74, 6) is 0. The molecule has 0 saturated carbocycles. The first-order valence-electron chi connectivity index (χ1n) is 10.4. The molecule has 1 N–H and O–H groups in total. The first-order chi connectivity index (χ1) is 15.3. The number of hydrazone groups is 1. The van der Waals surface area contributed by atoms with Gasteiger partial charge in [0.25, 0.3) is 0 Å². The number of allylic oxidation sites excluding steroid dienone is 2. The maximum Gasteiger partial charge on any atom is 0.313 e. The van der Waals surface area contributed by atoms with Gasteiger partial charge in [-0.2, -0.15) is 9.88 Å². The SMILES string of the molecule is CN1C(=C2C=NN(c3ccccc3)P2(=O)Nc2ccc(Br)cc2)C(C)(C)c2ccccc21. The number of benzene rings is 3. The standard InChI is InChI=1S/C25H24BrN4OP/c1-25(2)21-11-7-8-12-22(21)29(3)24(25)23-17-27-30(20-9-5-4-6-10-20)32(23,31)28-19-15-13-18(26)14-16-19/h4-17H,1-3H3,(H,28,31). The highest BCUT2D eigenvalue weighted by atomic mass is 79.9. The number of likely N-dealkylation sites (N-methyl/N-ethyl adjacent to an activating group) is 1. The van der Waals surface area contributed by atoms with E-state index < -0.39 is 7.44 Å². The smallest absolute Gasteiger partial charge is 0.313 e. The third-order valence-corrected chi connectivity index (χ3v) is 9.04. The van der Waals surface area contributed by atoms with Crippen molar-refractivity contribution in [2.24, 2.45) is 5.10 Å². The monoisotopic (exact) mass is 506 g/mol. The van der Waals surface area contributed by atoms with E-state index in [9.17, 15) is 4.57 Å². The van der Waals surface area contributed by atoms with Crippen LogP contribution in [0, 0.1) is 0 Å². The van der Waals surface area contributed by atoms with Crippen molar-refractivity contribution < 1.29 is 4.57 Å². The predicted molar refractivity (Wildman–Crippen MR) is 138 cm³/mol. The fraction of sp³-hybridized carbons (Fsp3) is 0.160. The van der Waals surface area contributed by atoms with Crippen LogP contribution in [0.2, 0.25) is 0 Å². The van der Waals surface area contributed by atoms with E-state index in [0.29, 0.717) is 5.31 Å². The summed E-state index contributed by atoms with van der Waals surface area (Å²) in [7, 11) is -1.32. The largest absolute Gasteiger partial charge is 0.346 e. The molecule has 0 aromatic heterocycles. The number of para-hydroxylation sites is 2. The van der Waals surface area contributed by atoms with Crippen LogP contribution in [0.5, 0.6) is 0 Å². The Morgan fingerprint density at radius 2 is 1.59 bits per heavy atom. The fourth-order valence-corrected chi connectivity index (χ4v) is 7.38. The number of anilines is 3. The molecule has 3 aromatic carbocycles. The molecule has 5 rings (SSSR count). The van der Waals surface area contributed by atoms with Crippen LogP contribution in [0.1, 0.15) is 19.4 Å². The van der Waals surface area contributed by atoms with Crippen molar-refractivity contribution in [2.45, 2.75) is 19.3 Å². The Kier molecular flexibility index (Phi) is 5.03. The fourth-order valence-electron chi connectivity index (χ4n) is 4.62. The Labute approximate surface area is 197 Å². The summed E-state index contributed by atoms with van der Waals surface area (Å²) in [6.45, 7) is 4.36. The van der Waals surface area contributed by atoms with Gasteiger partial charge in [0.05, 0.1) is 17.2 Å². The number of rotatable bonds is 3. The van der Waals surface area contributed by atoms with Crippen molar-refractivity contribution in [3.63, 3.8) is 0 Å². The second-order valence-electron chi connectivity index (χ2n) is 8.50. The second kappa shape index (κ2) is 7.65. The molecule has 0 saturated heterocycles. The highest BCUT2D eigenvalue weighted by molar-refractivity contribution is 9.10. The van der Waals surface area contributed by atoms with E-state index >= 15 is 0 Å². The quantitative estimate of drug-likeness (QED) is 0.381. The minimum atomic E-state index is -3.36. The average Bonchev–Trinajstić information content (AvgIpc) is 3.21. The molecule has 5 nitrogen and oxygen atoms in total. The molecular formula is C25H24BrN4OP. The summed E-state index contributed by atoms with van der Waals surface area (Å²) in [5.41, 5.74) is 4.57. The average molecular weight is 507 g/mol. The van der Waals surface area contributed by atoms with Gasteiger partial charge in [0.2, 0.25) is 0 Å². The molecule has 7 heteroatoms. The van der Waals surface area contributed by atoms with Crippen LogP contribution in [-0.4, -0.2) is 13.3 Å². The van der Waals surface area contributed by atoms with Crippen LogP contribution in [0.3, 0.4) is 0 Å². The lowest BCUT2D eigenvalue weighted by Crippen LogP contribution is -2.26. The Bertz CT molecular complexity index is 1280. The van der Waals surface area contributed by atoms with E-state index in [4.69, 9.17) is 0 Å². The minimum absolute atomic E-state index is 0.323. The Balaban J connectivity index is 1.70. The van der Waals surface area contributed by atoms with E-state index in [1.807, 2.05) is 67.7 Å². The van der Waals surface area contributed by atoms with E-state index in [2.05, 4.69) is 63.1 Å². The first kappa shape index (κ1) is 21.0. The molecule has 0 spiro atoms. The molecule has 0 radical (unpaired) electrons. The molecule has 3 aromatic rings. The van der Waals surface area contributed by atoms with E-state index in [0.717, 1.165) is 27.2 Å². The second-order valence-corrected chi connectivity index (χ2v) is 11.7. The van der Waals surface area contributed by atoms with Gasteiger partial charge in [-0.3, -0.25) is 4.57 Å². The molecule has 0 bridgehead atoms. The van der Waals surface area contributed by atoms with Gasteiger partial charge in [-0.15, -0.1) is 0 Å². The van der Waals surface area contributed by atoms with Crippen LogP contribution < -0.4 is 14.8 Å². The molecule has 1 unspecified atom stereocenters. The number of nitrogens with zero attached hydrogens (tertiary/aromatic N) is 3. The van der Waals surface area contributed by atoms with Gasteiger partial charge >= 0.3 is 7.44 Å². The highest BCUT2D eigenvalue weighted by Crippen LogP contribution is 2.64. The Morgan fingerprint density at radius 3 is 2.28 bits per heavy atom. The normalized spacial score (nSPS) is 23.5. The lowest BCUT2D eigenvalue weighted by atomic mass is 9.84. The summed E-state index contributed by atoms with van der Waals surface area (Å²) in [4.78, 5) is 2.15. The van der Waals surface area contributed by atoms with Gasteiger partial charge in [0, 0.05) is 34.0 Å². The summed E-state index contributed by atoms with van der Waals surface area (Å²) >= 11 is 3.48. The number of hydrogen-bond donors (Lipinski definition) is 1. The van der Waals surface area contributed by atoms with Gasteiger partial charge in [-0.25, -0.2) is 0 Å². The lowest BCUT2D eigenvalue weighted by Gasteiger charge is -2.31. The van der Waals surface area contributed by atoms with Crippen molar-refractivity contribution in [1.29, 1.82) is 0 Å². The summed E-state index contributed by atoms with van der Waals surface area (Å²) in [6.07, 6.45) is 1.76. The van der Waals surface area contributed by atoms with Crippen molar-refractivity contribution in [2.75, 3.05) is 21.8 Å². The van der Waals surface area contributed by atoms with Crippen molar-refractivity contribution in [1.82, 2.24) is 0 Å². The number of nitrogens with one attached hydrogen (secondary N) is 1. The zero-order chi connectivity index (χ0) is 22.5. The molecule has 162 valence electrons. The van der Waals surface area contributed by atoms with Crippen LogP contribution >= 0.6 is 23.4 Å². The molecule has 32 heavy (non-hydrogen) atoms. The van der Waals surface area contributed by atoms with Crippen LogP contribution in [-0.2, 0) is 9.98 Å². The summed E-state index contributed by atoms with van der Waals surface area (Å²) < 4.78 is 17.5. The highest BCUT2D eigenvalue weighted by Gasteiger charge is 2.48. The zero-order valence-electron chi connectivity index (χ0n) is 18.2. The third-order valence-electron chi connectivity index (χ3n) is 6.10. The van der Waals surface area contributed by atoms with Gasteiger partial charge < -0.3 is 9.99 Å². The molecule has 0 fully saturated rings. The Morgan fingerprint density at radius 1 is 0.938 bits per heavy atom. The topological polar surface area (TPSA) is 47.9 Å². The van der Waals surface area contributed by atoms with Crippen molar-refractivity contribution in [3.8, 4) is 0 Å². The van der Waals surface area contributed by atoms with Crippen LogP contribution in [0.4, 0.5) is 17.1 Å². The number of halogens is 1. The van der Waals surface area contributed by atoms with Crippen LogP contribution in [0.25, 0.3) is 0 Å². The van der Waals surface area contributed by atoms with E-state index in [1.54, 1.807) is 11.0 Å². The van der Waals surface area contributed by atoms with Gasteiger partial charge in [0.15, 0.2) is 0 Å². The third kappa shape index (κ3) is 3.21. The molecule has 2 heterocycles. The maximum absolute atomic E-state index is 14.9. The maximum atomic E-state index is 14.9. The molecule has 2 aliphatic rings. The van der Waals surface area contributed by atoms with Gasteiger partial charge in [0.1, 0.15) is 0 Å². The minimum Gasteiger partial charge on any atom is -0.346 e. The molecule has 0 amide bonds. The van der Waals surface area contributed by atoms with E-state index in [1.165, 1.54) is 5.56 Å². The molecule has 1 atom stereocenters. The Hall–Kier alpha value is -2.82. The van der Waals surface area contributed by atoms with Crippen LogP contribution in [0.15, 0.2) is 99.4 Å². The number of hydrogen-bond acceptors (Lipinski definition) is 3. The van der Waals surface area contributed by atoms with E-state index in [-0.39, 0.29) is 5.41 Å². The van der Waals surface area contributed by atoms with Crippen molar-refractivity contribution in [3.05, 3.63) is 99.9 Å². The van der Waals surface area contributed by atoms with Gasteiger partial charge in [-0.1, -0.05) is 66.2 Å². The summed E-state index contributed by atoms with van der Waals surface area (Å²) in [5, 5.41) is 8.72.